The number of hydrogen-bond acceptors (Lipinski definition) is 3. The van der Waals surface area contributed by atoms with Crippen LogP contribution in [0.2, 0.25) is 0 Å². The first-order chi connectivity index (χ1) is 10.2. The number of nitrogens with zero attached hydrogens (tertiary/aromatic N) is 3. The van der Waals surface area contributed by atoms with Crippen LogP contribution in [0.15, 0.2) is 48.5 Å². The Hall–Kier alpha value is -2.49. The van der Waals surface area contributed by atoms with Crippen LogP contribution >= 0.6 is 0 Å². The van der Waals surface area contributed by atoms with Crippen LogP contribution in [-0.4, -0.2) is 22.6 Å². The van der Waals surface area contributed by atoms with Crippen molar-refractivity contribution in [2.24, 2.45) is 0 Å². The largest absolute Gasteiger partial charge is 0.372 e. The van der Waals surface area contributed by atoms with Crippen LogP contribution in [0.1, 0.15) is 13.8 Å². The zero-order valence-electron chi connectivity index (χ0n) is 12.5. The molecule has 0 aliphatic carbocycles. The summed E-state index contributed by atoms with van der Waals surface area (Å²) >= 11 is 0. The van der Waals surface area contributed by atoms with Crippen LogP contribution in [0.25, 0.3) is 16.7 Å². The minimum Gasteiger partial charge on any atom is -0.372 e. The van der Waals surface area contributed by atoms with E-state index in [-0.39, 0.29) is 0 Å². The Labute approximate surface area is 124 Å². The number of rotatable bonds is 4. The number of fused-ring (bicyclic) bond motifs is 1. The maximum atomic E-state index is 6.08. The molecule has 1 heterocycles. The summed E-state index contributed by atoms with van der Waals surface area (Å²) in [6, 6.07) is 16.5. The van der Waals surface area contributed by atoms with Crippen LogP contribution < -0.4 is 10.6 Å². The van der Waals surface area contributed by atoms with E-state index in [0.29, 0.717) is 5.95 Å². The van der Waals surface area contributed by atoms with Gasteiger partial charge in [-0.25, -0.2) is 4.98 Å². The second-order valence-corrected chi connectivity index (χ2v) is 4.98. The van der Waals surface area contributed by atoms with Gasteiger partial charge in [0.2, 0.25) is 5.95 Å². The average molecular weight is 280 g/mol. The molecule has 0 fully saturated rings. The number of aromatic nitrogens is 2. The summed E-state index contributed by atoms with van der Waals surface area (Å²) in [7, 11) is 0. The molecule has 2 N–H and O–H groups in total. The SMILES string of the molecule is CCN(CC)c1ccc(-n2c(N)nc3ccccc32)cc1. The number of hydrogen-bond donors (Lipinski definition) is 1. The van der Waals surface area contributed by atoms with Gasteiger partial charge in [0, 0.05) is 24.5 Å². The van der Waals surface area contributed by atoms with E-state index in [4.69, 9.17) is 5.73 Å². The van der Waals surface area contributed by atoms with E-state index < -0.39 is 0 Å². The molecule has 0 radical (unpaired) electrons. The van der Waals surface area contributed by atoms with E-state index in [9.17, 15) is 0 Å². The third-order valence-electron chi connectivity index (χ3n) is 3.82. The molecular formula is C17H20N4. The number of benzene rings is 2. The number of anilines is 2. The molecule has 3 rings (SSSR count). The van der Waals surface area contributed by atoms with Gasteiger partial charge in [-0.3, -0.25) is 4.57 Å². The normalized spacial score (nSPS) is 11.0. The predicted octanol–water partition coefficient (Wildman–Crippen LogP) is 3.45. The van der Waals surface area contributed by atoms with Crippen molar-refractivity contribution in [1.29, 1.82) is 0 Å². The van der Waals surface area contributed by atoms with E-state index in [1.165, 1.54) is 5.69 Å². The van der Waals surface area contributed by atoms with Crippen LogP contribution in [0.4, 0.5) is 11.6 Å². The maximum Gasteiger partial charge on any atom is 0.205 e. The Kier molecular flexibility index (Phi) is 3.52. The van der Waals surface area contributed by atoms with Gasteiger partial charge in [0.25, 0.3) is 0 Å². The van der Waals surface area contributed by atoms with Crippen LogP contribution in [-0.2, 0) is 0 Å². The lowest BCUT2D eigenvalue weighted by molar-refractivity contribution is 0.866. The topological polar surface area (TPSA) is 47.1 Å². The molecule has 2 aromatic carbocycles. The van der Waals surface area contributed by atoms with Gasteiger partial charge in [0.1, 0.15) is 0 Å². The van der Waals surface area contributed by atoms with Crippen molar-refractivity contribution in [1.82, 2.24) is 9.55 Å². The minimum absolute atomic E-state index is 0.520. The highest BCUT2D eigenvalue weighted by atomic mass is 15.2. The molecular weight excluding hydrogens is 260 g/mol. The van der Waals surface area contributed by atoms with Crippen molar-refractivity contribution in [3.8, 4) is 5.69 Å². The van der Waals surface area contributed by atoms with Crippen molar-refractivity contribution in [3.63, 3.8) is 0 Å². The molecule has 0 bridgehead atoms. The predicted molar refractivity (Wildman–Crippen MR) is 89.0 cm³/mol. The van der Waals surface area contributed by atoms with Crippen molar-refractivity contribution in [2.75, 3.05) is 23.7 Å². The van der Waals surface area contributed by atoms with Gasteiger partial charge in [0.15, 0.2) is 0 Å². The summed E-state index contributed by atoms with van der Waals surface area (Å²) in [5.41, 5.74) is 10.3. The Balaban J connectivity index is 2.05. The fourth-order valence-electron chi connectivity index (χ4n) is 2.72. The molecule has 0 aliphatic heterocycles. The first-order valence-corrected chi connectivity index (χ1v) is 7.33. The summed E-state index contributed by atoms with van der Waals surface area (Å²) in [4.78, 5) is 6.73. The molecule has 1 aromatic heterocycles. The molecule has 4 heteroatoms. The fourth-order valence-corrected chi connectivity index (χ4v) is 2.72. The second-order valence-electron chi connectivity index (χ2n) is 4.98. The molecule has 3 aromatic rings. The van der Waals surface area contributed by atoms with E-state index in [0.717, 1.165) is 29.8 Å². The first-order valence-electron chi connectivity index (χ1n) is 7.33. The van der Waals surface area contributed by atoms with Crippen molar-refractivity contribution >= 4 is 22.7 Å². The molecule has 0 atom stereocenters. The molecule has 0 spiro atoms. The fraction of sp³-hybridized carbons (Fsp3) is 0.235. The lowest BCUT2D eigenvalue weighted by atomic mass is 10.2. The van der Waals surface area contributed by atoms with Gasteiger partial charge >= 0.3 is 0 Å². The molecule has 0 unspecified atom stereocenters. The molecule has 0 saturated carbocycles. The van der Waals surface area contributed by atoms with Crippen LogP contribution in [0.3, 0.4) is 0 Å². The number of imidazole rings is 1. The third-order valence-corrected chi connectivity index (χ3v) is 3.82. The summed E-state index contributed by atoms with van der Waals surface area (Å²) in [5.74, 6) is 0.520. The van der Waals surface area contributed by atoms with Crippen molar-refractivity contribution in [3.05, 3.63) is 48.5 Å². The van der Waals surface area contributed by atoms with Crippen molar-refractivity contribution in [2.45, 2.75) is 13.8 Å². The summed E-state index contributed by atoms with van der Waals surface area (Å²) in [6.07, 6.45) is 0. The molecule has 0 saturated heterocycles. The van der Waals surface area contributed by atoms with Gasteiger partial charge in [0.05, 0.1) is 11.0 Å². The maximum absolute atomic E-state index is 6.08. The number of para-hydroxylation sites is 2. The zero-order valence-corrected chi connectivity index (χ0v) is 12.5. The van der Waals surface area contributed by atoms with Gasteiger partial charge in [-0.15, -0.1) is 0 Å². The highest BCUT2D eigenvalue weighted by Gasteiger charge is 2.09. The monoisotopic (exact) mass is 280 g/mol. The molecule has 108 valence electrons. The summed E-state index contributed by atoms with van der Waals surface area (Å²) in [6.45, 7) is 6.34. The van der Waals surface area contributed by atoms with E-state index in [1.54, 1.807) is 0 Å². The summed E-state index contributed by atoms with van der Waals surface area (Å²) < 4.78 is 1.99. The minimum atomic E-state index is 0.520. The summed E-state index contributed by atoms with van der Waals surface area (Å²) in [5, 5.41) is 0. The van der Waals surface area contributed by atoms with Gasteiger partial charge in [-0.1, -0.05) is 12.1 Å². The molecule has 0 amide bonds. The Morgan fingerprint density at radius 2 is 1.67 bits per heavy atom. The lowest BCUT2D eigenvalue weighted by Crippen LogP contribution is -2.21. The second kappa shape index (κ2) is 5.48. The van der Waals surface area contributed by atoms with Gasteiger partial charge in [-0.05, 0) is 50.2 Å². The number of nitrogen functional groups attached to an aromatic ring is 1. The Morgan fingerprint density at radius 3 is 2.33 bits per heavy atom. The van der Waals surface area contributed by atoms with E-state index >= 15 is 0 Å². The smallest absolute Gasteiger partial charge is 0.205 e. The van der Waals surface area contributed by atoms with Crippen LogP contribution in [0.5, 0.6) is 0 Å². The third kappa shape index (κ3) is 2.33. The van der Waals surface area contributed by atoms with Gasteiger partial charge in [-0.2, -0.15) is 0 Å². The standard InChI is InChI=1S/C17H20N4/c1-3-20(4-2)13-9-11-14(12-10-13)21-16-8-6-5-7-15(16)19-17(21)18/h5-12H,3-4H2,1-2H3,(H2,18,19). The lowest BCUT2D eigenvalue weighted by Gasteiger charge is -2.21. The number of nitrogens with two attached hydrogens (primary N) is 1. The zero-order chi connectivity index (χ0) is 14.8. The highest BCUT2D eigenvalue weighted by molar-refractivity contribution is 5.80. The molecule has 21 heavy (non-hydrogen) atoms. The molecule has 0 aliphatic rings. The quantitative estimate of drug-likeness (QED) is 0.796. The Morgan fingerprint density at radius 1 is 1.00 bits per heavy atom. The first kappa shape index (κ1) is 13.5. The Bertz CT molecular complexity index is 739. The molecule has 4 nitrogen and oxygen atoms in total. The van der Waals surface area contributed by atoms with E-state index in [2.05, 4.69) is 48.0 Å². The van der Waals surface area contributed by atoms with Gasteiger partial charge < -0.3 is 10.6 Å². The average Bonchev–Trinajstić information content (AvgIpc) is 2.85. The van der Waals surface area contributed by atoms with Crippen LogP contribution in [0, 0.1) is 0 Å². The van der Waals surface area contributed by atoms with Crippen molar-refractivity contribution < 1.29 is 0 Å². The highest BCUT2D eigenvalue weighted by Crippen LogP contribution is 2.24. The van der Waals surface area contributed by atoms with E-state index in [1.807, 2.05) is 28.8 Å².